The van der Waals surface area contributed by atoms with Gasteiger partial charge < -0.3 is 9.32 Å². The maximum atomic E-state index is 12.1. The van der Waals surface area contributed by atoms with Gasteiger partial charge in [-0.05, 0) is 13.8 Å². The van der Waals surface area contributed by atoms with Crippen LogP contribution in [0.5, 0.6) is 0 Å². The van der Waals surface area contributed by atoms with Crippen molar-refractivity contribution in [3.05, 3.63) is 17.0 Å². The van der Waals surface area contributed by atoms with Crippen LogP contribution < -0.4 is 0 Å². The zero-order valence-corrected chi connectivity index (χ0v) is 11.3. The van der Waals surface area contributed by atoms with Gasteiger partial charge in [-0.25, -0.2) is 4.98 Å². The van der Waals surface area contributed by atoms with Crippen molar-refractivity contribution in [3.63, 3.8) is 0 Å². The van der Waals surface area contributed by atoms with E-state index in [0.29, 0.717) is 35.6 Å². The van der Waals surface area contributed by atoms with Crippen LogP contribution in [-0.4, -0.2) is 39.1 Å². The van der Waals surface area contributed by atoms with Crippen molar-refractivity contribution in [2.75, 3.05) is 13.1 Å². The minimum atomic E-state index is -0.0706. The first kappa shape index (κ1) is 12.7. The Morgan fingerprint density at radius 3 is 2.67 bits per heavy atom. The van der Waals surface area contributed by atoms with Crippen LogP contribution in [0.3, 0.4) is 0 Å². The average Bonchev–Trinajstić information content (AvgIpc) is 2.98. The number of hydrogen-bond donors (Lipinski definition) is 0. The first-order valence-corrected chi connectivity index (χ1v) is 6.59. The van der Waals surface area contributed by atoms with Gasteiger partial charge in [0.25, 0.3) is 11.8 Å². The molecule has 0 unspecified atom stereocenters. The maximum absolute atomic E-state index is 12.1. The number of hydrogen-bond acceptors (Lipinski definition) is 6. The van der Waals surface area contributed by atoms with E-state index in [1.807, 2.05) is 13.8 Å². The predicted octanol–water partition coefficient (Wildman–Crippen LogP) is 1.98. The third-order valence-corrected chi connectivity index (χ3v) is 3.31. The lowest BCUT2D eigenvalue weighted by atomic mass is 10.4. The number of thiazole rings is 1. The van der Waals surface area contributed by atoms with E-state index in [0.717, 1.165) is 0 Å². The van der Waals surface area contributed by atoms with E-state index in [2.05, 4.69) is 15.2 Å². The second-order valence-corrected chi connectivity index (χ2v) is 4.50. The smallest absolute Gasteiger partial charge is 0.276 e. The summed E-state index contributed by atoms with van der Waals surface area (Å²) in [6.45, 7) is 6.93. The van der Waals surface area contributed by atoms with Crippen LogP contribution in [0, 0.1) is 6.92 Å². The largest absolute Gasteiger partial charge is 0.419 e. The third kappa shape index (κ3) is 2.40. The minimum Gasteiger partial charge on any atom is -0.419 e. The lowest BCUT2D eigenvalue weighted by molar-refractivity contribution is 0.0768. The summed E-state index contributed by atoms with van der Waals surface area (Å²) >= 11 is 1.33. The summed E-state index contributed by atoms with van der Waals surface area (Å²) in [5, 5.41) is 9.91. The van der Waals surface area contributed by atoms with Crippen molar-refractivity contribution < 1.29 is 9.21 Å². The fourth-order valence-electron chi connectivity index (χ4n) is 1.53. The Hall–Kier alpha value is -1.76. The summed E-state index contributed by atoms with van der Waals surface area (Å²) in [6.07, 6.45) is 0. The molecule has 0 radical (unpaired) electrons. The molecule has 0 spiro atoms. The molecule has 0 saturated carbocycles. The molecule has 0 N–H and O–H groups in total. The van der Waals surface area contributed by atoms with Crippen LogP contribution >= 0.6 is 11.3 Å². The Morgan fingerprint density at radius 1 is 1.39 bits per heavy atom. The van der Waals surface area contributed by atoms with Gasteiger partial charge >= 0.3 is 0 Å². The zero-order valence-electron chi connectivity index (χ0n) is 10.5. The SMILES string of the molecule is CCN(CC)C(=O)c1csc(-c2nnc(C)o2)n1. The molecule has 0 aliphatic rings. The molecule has 7 heteroatoms. The Morgan fingerprint density at radius 2 is 2.11 bits per heavy atom. The molecular formula is C11H14N4O2S. The van der Waals surface area contributed by atoms with Crippen LogP contribution in [0.4, 0.5) is 0 Å². The van der Waals surface area contributed by atoms with Gasteiger partial charge in [-0.15, -0.1) is 21.5 Å². The lowest BCUT2D eigenvalue weighted by Gasteiger charge is -2.16. The van der Waals surface area contributed by atoms with Gasteiger partial charge in [0.05, 0.1) is 0 Å². The summed E-state index contributed by atoms with van der Waals surface area (Å²) in [7, 11) is 0. The number of carbonyl (C=O) groups excluding carboxylic acids is 1. The Bertz CT molecular complexity index is 545. The molecule has 2 rings (SSSR count). The zero-order chi connectivity index (χ0) is 13.1. The van der Waals surface area contributed by atoms with E-state index in [9.17, 15) is 4.79 Å². The molecule has 2 heterocycles. The molecule has 0 fully saturated rings. The Kier molecular flexibility index (Phi) is 3.71. The van der Waals surface area contributed by atoms with Crippen molar-refractivity contribution in [1.29, 1.82) is 0 Å². The van der Waals surface area contributed by atoms with Crippen LogP contribution in [-0.2, 0) is 0 Å². The first-order valence-electron chi connectivity index (χ1n) is 5.71. The topological polar surface area (TPSA) is 72.1 Å². The number of rotatable bonds is 4. The second kappa shape index (κ2) is 5.26. The highest BCUT2D eigenvalue weighted by Crippen LogP contribution is 2.22. The highest BCUT2D eigenvalue weighted by Gasteiger charge is 2.18. The monoisotopic (exact) mass is 266 g/mol. The molecule has 0 atom stereocenters. The summed E-state index contributed by atoms with van der Waals surface area (Å²) in [5.74, 6) is 0.770. The molecule has 2 aromatic heterocycles. The van der Waals surface area contributed by atoms with Gasteiger partial charge in [0.2, 0.25) is 5.89 Å². The van der Waals surface area contributed by atoms with Gasteiger partial charge in [0.15, 0.2) is 5.01 Å². The van der Waals surface area contributed by atoms with Crippen molar-refractivity contribution in [3.8, 4) is 10.9 Å². The molecule has 96 valence electrons. The number of amides is 1. The summed E-state index contributed by atoms with van der Waals surface area (Å²) < 4.78 is 5.28. The van der Waals surface area contributed by atoms with Gasteiger partial charge in [-0.3, -0.25) is 4.79 Å². The quantitative estimate of drug-likeness (QED) is 0.846. The van der Waals surface area contributed by atoms with Crippen molar-refractivity contribution in [2.45, 2.75) is 20.8 Å². The summed E-state index contributed by atoms with van der Waals surface area (Å²) in [6, 6.07) is 0. The number of aryl methyl sites for hydroxylation is 1. The number of carbonyl (C=O) groups is 1. The van der Waals surface area contributed by atoms with E-state index >= 15 is 0 Å². The van der Waals surface area contributed by atoms with Crippen LogP contribution in [0.25, 0.3) is 10.9 Å². The molecule has 1 amide bonds. The van der Waals surface area contributed by atoms with Gasteiger partial charge in [0, 0.05) is 25.4 Å². The molecule has 0 saturated heterocycles. The van der Waals surface area contributed by atoms with Crippen LogP contribution in [0.15, 0.2) is 9.80 Å². The second-order valence-electron chi connectivity index (χ2n) is 3.64. The minimum absolute atomic E-state index is 0.0706. The lowest BCUT2D eigenvalue weighted by Crippen LogP contribution is -2.30. The molecular weight excluding hydrogens is 252 g/mol. The van der Waals surface area contributed by atoms with Gasteiger partial charge in [0.1, 0.15) is 5.69 Å². The van der Waals surface area contributed by atoms with Gasteiger partial charge in [-0.2, -0.15) is 0 Å². The Balaban J connectivity index is 2.23. The number of nitrogens with zero attached hydrogens (tertiary/aromatic N) is 4. The molecule has 0 aliphatic carbocycles. The van der Waals surface area contributed by atoms with E-state index in [1.165, 1.54) is 11.3 Å². The third-order valence-electron chi connectivity index (χ3n) is 2.48. The molecule has 0 aromatic carbocycles. The van der Waals surface area contributed by atoms with Gasteiger partial charge in [-0.1, -0.05) is 0 Å². The van der Waals surface area contributed by atoms with E-state index in [4.69, 9.17) is 4.42 Å². The Labute approximate surface area is 109 Å². The average molecular weight is 266 g/mol. The fourth-order valence-corrected chi connectivity index (χ4v) is 2.24. The standard InChI is InChI=1S/C11H14N4O2S/c1-4-15(5-2)11(16)8-6-18-10(12-8)9-14-13-7(3)17-9/h6H,4-5H2,1-3H3. The fraction of sp³-hybridized carbons (Fsp3) is 0.455. The molecule has 2 aromatic rings. The summed E-state index contributed by atoms with van der Waals surface area (Å²) in [5.41, 5.74) is 0.426. The van der Waals surface area contributed by atoms with Crippen LogP contribution in [0.1, 0.15) is 30.2 Å². The van der Waals surface area contributed by atoms with Crippen molar-refractivity contribution in [2.24, 2.45) is 0 Å². The highest BCUT2D eigenvalue weighted by molar-refractivity contribution is 7.13. The van der Waals surface area contributed by atoms with E-state index in [-0.39, 0.29) is 5.91 Å². The first-order chi connectivity index (χ1) is 8.65. The molecule has 6 nitrogen and oxygen atoms in total. The van der Waals surface area contributed by atoms with Crippen LogP contribution in [0.2, 0.25) is 0 Å². The summed E-state index contributed by atoms with van der Waals surface area (Å²) in [4.78, 5) is 18.0. The normalized spacial score (nSPS) is 10.6. The highest BCUT2D eigenvalue weighted by atomic mass is 32.1. The molecule has 0 aliphatic heterocycles. The van der Waals surface area contributed by atoms with Crippen molar-refractivity contribution in [1.82, 2.24) is 20.1 Å². The van der Waals surface area contributed by atoms with E-state index in [1.54, 1.807) is 17.2 Å². The number of aromatic nitrogens is 3. The maximum Gasteiger partial charge on any atom is 0.276 e. The molecule has 18 heavy (non-hydrogen) atoms. The van der Waals surface area contributed by atoms with Crippen molar-refractivity contribution >= 4 is 17.2 Å². The molecule has 0 bridgehead atoms. The predicted molar refractivity (Wildman–Crippen MR) is 67.4 cm³/mol. The van der Waals surface area contributed by atoms with E-state index < -0.39 is 0 Å².